The van der Waals surface area contributed by atoms with Crippen molar-refractivity contribution in [3.63, 3.8) is 0 Å². The van der Waals surface area contributed by atoms with Gasteiger partial charge < -0.3 is 9.47 Å². The van der Waals surface area contributed by atoms with Gasteiger partial charge in [0, 0.05) is 11.1 Å². The molecule has 0 aliphatic carbocycles. The van der Waals surface area contributed by atoms with Crippen LogP contribution in [0.3, 0.4) is 0 Å². The zero-order valence-electron chi connectivity index (χ0n) is 15.6. The van der Waals surface area contributed by atoms with Crippen LogP contribution >= 0.6 is 11.6 Å². The summed E-state index contributed by atoms with van der Waals surface area (Å²) in [5.41, 5.74) is 4.81. The highest BCUT2D eigenvalue weighted by Crippen LogP contribution is 2.34. The van der Waals surface area contributed by atoms with Crippen LogP contribution in [0.4, 0.5) is 0 Å². The van der Waals surface area contributed by atoms with Crippen molar-refractivity contribution in [2.75, 3.05) is 14.2 Å². The fourth-order valence-corrected chi connectivity index (χ4v) is 3.43. The van der Waals surface area contributed by atoms with E-state index in [2.05, 4.69) is 9.97 Å². The van der Waals surface area contributed by atoms with Crippen LogP contribution in [-0.2, 0) is 0 Å². The minimum absolute atomic E-state index is 0.675. The molecule has 0 bridgehead atoms. The Kier molecular flexibility index (Phi) is 5.04. The van der Waals surface area contributed by atoms with Gasteiger partial charge in [0.15, 0.2) is 11.4 Å². The molecule has 28 heavy (non-hydrogen) atoms. The largest absolute Gasteiger partial charge is 0.497 e. The SMILES string of the molecule is COc1cccc(-c2[nH]c(-c3ccccc3Cl)[nH+]c2-c2cccc(OC)c2)c1. The fraction of sp³-hybridized carbons (Fsp3) is 0.0870. The van der Waals surface area contributed by atoms with Crippen LogP contribution in [0.15, 0.2) is 72.8 Å². The molecule has 0 aliphatic heterocycles. The summed E-state index contributed by atoms with van der Waals surface area (Å²) in [4.78, 5) is 7.01. The summed E-state index contributed by atoms with van der Waals surface area (Å²) >= 11 is 6.43. The number of aromatic amines is 2. The number of aromatic nitrogens is 2. The third kappa shape index (κ3) is 3.47. The molecular formula is C23H20ClN2O2+. The first-order valence-corrected chi connectivity index (χ1v) is 9.26. The van der Waals surface area contributed by atoms with Gasteiger partial charge in [-0.1, -0.05) is 48.0 Å². The monoisotopic (exact) mass is 391 g/mol. The lowest BCUT2D eigenvalue weighted by molar-refractivity contribution is -0.349. The quantitative estimate of drug-likeness (QED) is 0.488. The van der Waals surface area contributed by atoms with Crippen molar-refractivity contribution in [2.24, 2.45) is 0 Å². The Morgan fingerprint density at radius 2 is 1.43 bits per heavy atom. The van der Waals surface area contributed by atoms with Gasteiger partial charge in [0.05, 0.1) is 24.8 Å². The third-order valence-electron chi connectivity index (χ3n) is 4.61. The molecule has 3 aromatic carbocycles. The maximum Gasteiger partial charge on any atom is 0.286 e. The van der Waals surface area contributed by atoms with E-state index in [1.165, 1.54) is 0 Å². The third-order valence-corrected chi connectivity index (χ3v) is 4.94. The van der Waals surface area contributed by atoms with E-state index in [1.54, 1.807) is 14.2 Å². The first-order chi connectivity index (χ1) is 13.7. The Morgan fingerprint density at radius 3 is 2.11 bits per heavy atom. The van der Waals surface area contributed by atoms with Crippen LogP contribution in [-0.4, -0.2) is 19.2 Å². The highest BCUT2D eigenvalue weighted by atomic mass is 35.5. The molecule has 2 N–H and O–H groups in total. The molecule has 4 aromatic rings. The highest BCUT2D eigenvalue weighted by Gasteiger charge is 2.23. The van der Waals surface area contributed by atoms with Crippen molar-refractivity contribution in [1.29, 1.82) is 0 Å². The van der Waals surface area contributed by atoms with Crippen molar-refractivity contribution >= 4 is 11.6 Å². The second-order valence-corrected chi connectivity index (χ2v) is 6.73. The molecule has 4 rings (SSSR count). The van der Waals surface area contributed by atoms with Crippen LogP contribution in [0.5, 0.6) is 11.5 Å². The summed E-state index contributed by atoms with van der Waals surface area (Å²) in [6.45, 7) is 0. The lowest BCUT2D eigenvalue weighted by Crippen LogP contribution is -2.06. The summed E-state index contributed by atoms with van der Waals surface area (Å²) in [7, 11) is 3.33. The Bertz CT molecular complexity index is 1060. The first-order valence-electron chi connectivity index (χ1n) is 8.88. The van der Waals surface area contributed by atoms with Crippen LogP contribution in [0, 0.1) is 0 Å². The second-order valence-electron chi connectivity index (χ2n) is 6.32. The van der Waals surface area contributed by atoms with Gasteiger partial charge >= 0.3 is 0 Å². The number of methoxy groups -OCH3 is 2. The zero-order valence-corrected chi connectivity index (χ0v) is 16.4. The Morgan fingerprint density at radius 1 is 0.786 bits per heavy atom. The van der Waals surface area contributed by atoms with Gasteiger partial charge in [0.1, 0.15) is 11.5 Å². The predicted molar refractivity (Wildman–Crippen MR) is 112 cm³/mol. The number of H-pyrrole nitrogens is 2. The number of rotatable bonds is 5. The van der Waals surface area contributed by atoms with E-state index in [1.807, 2.05) is 72.8 Å². The van der Waals surface area contributed by atoms with E-state index in [9.17, 15) is 0 Å². The van der Waals surface area contributed by atoms with E-state index < -0.39 is 0 Å². The number of hydrogen-bond donors (Lipinski definition) is 1. The van der Waals surface area contributed by atoms with Crippen molar-refractivity contribution in [3.8, 4) is 45.4 Å². The number of ether oxygens (including phenoxy) is 2. The summed E-state index contributed by atoms with van der Waals surface area (Å²) in [6.07, 6.45) is 0. The van der Waals surface area contributed by atoms with Crippen molar-refractivity contribution in [2.45, 2.75) is 0 Å². The molecule has 5 heteroatoms. The molecule has 0 aliphatic rings. The van der Waals surface area contributed by atoms with Gasteiger partial charge in [-0.05, 0) is 36.4 Å². The van der Waals surface area contributed by atoms with Crippen molar-refractivity contribution in [3.05, 3.63) is 77.8 Å². The molecule has 0 fully saturated rings. The molecular weight excluding hydrogens is 372 g/mol. The normalized spacial score (nSPS) is 10.7. The molecule has 1 aromatic heterocycles. The minimum atomic E-state index is 0.675. The molecule has 0 saturated carbocycles. The Labute approximate surface area is 168 Å². The summed E-state index contributed by atoms with van der Waals surface area (Å²) in [5, 5.41) is 0.675. The topological polar surface area (TPSA) is 48.4 Å². The molecule has 1 heterocycles. The lowest BCUT2D eigenvalue weighted by Gasteiger charge is -2.04. The zero-order chi connectivity index (χ0) is 19.5. The average Bonchev–Trinajstić information content (AvgIpc) is 3.19. The molecule has 0 spiro atoms. The molecule has 4 nitrogen and oxygen atoms in total. The van der Waals surface area contributed by atoms with Gasteiger partial charge in [-0.2, -0.15) is 0 Å². The Hall–Kier alpha value is -3.24. The number of nitrogens with one attached hydrogen (secondary N) is 2. The predicted octanol–water partition coefficient (Wildman–Crippen LogP) is 5.50. The highest BCUT2D eigenvalue weighted by molar-refractivity contribution is 6.33. The van der Waals surface area contributed by atoms with Gasteiger partial charge in [-0.3, -0.25) is 0 Å². The average molecular weight is 392 g/mol. The van der Waals surface area contributed by atoms with E-state index in [4.69, 9.17) is 21.1 Å². The molecule has 0 radical (unpaired) electrons. The van der Waals surface area contributed by atoms with Crippen molar-refractivity contribution < 1.29 is 14.5 Å². The molecule has 0 unspecified atom stereocenters. The molecule has 0 saturated heterocycles. The fourth-order valence-electron chi connectivity index (χ4n) is 3.20. The standard InChI is InChI=1S/C23H19ClN2O2/c1-27-17-9-5-7-15(13-17)21-22(16-8-6-10-18(14-16)28-2)26-23(25-21)19-11-3-4-12-20(19)24/h3-14H,1-2H3,(H,25,26)/p+1. The summed E-state index contributed by atoms with van der Waals surface area (Å²) in [6, 6.07) is 23.6. The van der Waals surface area contributed by atoms with Crippen LogP contribution in [0.2, 0.25) is 5.02 Å². The number of hydrogen-bond acceptors (Lipinski definition) is 2. The van der Waals surface area contributed by atoms with Gasteiger partial charge in [-0.25, -0.2) is 9.97 Å². The van der Waals surface area contributed by atoms with E-state index in [0.29, 0.717) is 5.02 Å². The number of halogens is 1. The summed E-state index contributed by atoms with van der Waals surface area (Å²) in [5.74, 6) is 2.42. The molecule has 140 valence electrons. The maximum absolute atomic E-state index is 6.43. The summed E-state index contributed by atoms with van der Waals surface area (Å²) < 4.78 is 10.8. The lowest BCUT2D eigenvalue weighted by atomic mass is 10.0. The van der Waals surface area contributed by atoms with E-state index in [0.717, 1.165) is 45.4 Å². The van der Waals surface area contributed by atoms with Crippen LogP contribution < -0.4 is 14.5 Å². The van der Waals surface area contributed by atoms with E-state index >= 15 is 0 Å². The Balaban J connectivity index is 1.93. The van der Waals surface area contributed by atoms with E-state index in [-0.39, 0.29) is 0 Å². The maximum atomic E-state index is 6.43. The smallest absolute Gasteiger partial charge is 0.286 e. The minimum Gasteiger partial charge on any atom is -0.497 e. The second kappa shape index (κ2) is 7.79. The van der Waals surface area contributed by atoms with Crippen LogP contribution in [0.25, 0.3) is 33.9 Å². The van der Waals surface area contributed by atoms with Gasteiger partial charge in [0.25, 0.3) is 5.82 Å². The first kappa shape index (κ1) is 18.1. The number of imidazole rings is 1. The number of benzene rings is 3. The van der Waals surface area contributed by atoms with Crippen LogP contribution in [0.1, 0.15) is 0 Å². The molecule has 0 amide bonds. The van der Waals surface area contributed by atoms with Gasteiger partial charge in [0.2, 0.25) is 0 Å². The molecule has 0 atom stereocenters. The van der Waals surface area contributed by atoms with Gasteiger partial charge in [-0.15, -0.1) is 0 Å². The van der Waals surface area contributed by atoms with Crippen molar-refractivity contribution in [1.82, 2.24) is 4.98 Å².